The Labute approximate surface area is 171 Å². The minimum Gasteiger partial charge on any atom is -0.325 e. The van der Waals surface area contributed by atoms with Crippen LogP contribution in [0.1, 0.15) is 16.7 Å². The molecule has 3 aromatic rings. The van der Waals surface area contributed by atoms with E-state index in [1.165, 1.54) is 11.8 Å². The quantitative estimate of drug-likeness (QED) is 0.568. The number of anilines is 1. The molecule has 1 amide bonds. The number of nitrogens with zero attached hydrogens (tertiary/aromatic N) is 3. The van der Waals surface area contributed by atoms with Crippen LogP contribution in [-0.4, -0.2) is 26.4 Å². The lowest BCUT2D eigenvalue weighted by atomic mass is 10.1. The molecule has 1 N–H and O–H groups in total. The average molecular weight is 445 g/mol. The minimum atomic E-state index is -0.0611. The van der Waals surface area contributed by atoms with Gasteiger partial charge in [-0.2, -0.15) is 0 Å². The Morgan fingerprint density at radius 3 is 2.44 bits per heavy atom. The van der Waals surface area contributed by atoms with Gasteiger partial charge in [0.2, 0.25) is 5.91 Å². The molecular formula is C20H21BrN4OS. The molecule has 0 aliphatic rings. The predicted molar refractivity (Wildman–Crippen MR) is 114 cm³/mol. The molecular weight excluding hydrogens is 424 g/mol. The van der Waals surface area contributed by atoms with Crippen molar-refractivity contribution in [1.82, 2.24) is 14.8 Å². The number of aryl methyl sites for hydroxylation is 3. The van der Waals surface area contributed by atoms with Crippen molar-refractivity contribution in [2.75, 3.05) is 11.1 Å². The molecule has 2 aromatic carbocycles. The summed E-state index contributed by atoms with van der Waals surface area (Å²) in [6.45, 7) is 6.02. The van der Waals surface area contributed by atoms with Crippen molar-refractivity contribution in [2.24, 2.45) is 7.05 Å². The number of rotatable bonds is 5. The lowest BCUT2D eigenvalue weighted by molar-refractivity contribution is -0.113. The number of nitrogens with one attached hydrogen (secondary N) is 1. The van der Waals surface area contributed by atoms with Gasteiger partial charge in [0.15, 0.2) is 11.0 Å². The Morgan fingerprint density at radius 2 is 1.78 bits per heavy atom. The van der Waals surface area contributed by atoms with E-state index in [1.54, 1.807) is 0 Å². The molecule has 3 rings (SSSR count). The third-order valence-electron chi connectivity index (χ3n) is 4.32. The molecule has 0 aliphatic carbocycles. The number of hydrogen-bond acceptors (Lipinski definition) is 4. The van der Waals surface area contributed by atoms with Crippen LogP contribution in [0.15, 0.2) is 46.0 Å². The summed E-state index contributed by atoms with van der Waals surface area (Å²) in [6.07, 6.45) is 0. The number of carbonyl (C=O) groups is 1. The summed E-state index contributed by atoms with van der Waals surface area (Å²) in [6, 6.07) is 12.0. The van der Waals surface area contributed by atoms with Crippen molar-refractivity contribution in [3.63, 3.8) is 0 Å². The highest BCUT2D eigenvalue weighted by Crippen LogP contribution is 2.27. The Balaban J connectivity index is 1.69. The fourth-order valence-electron chi connectivity index (χ4n) is 2.91. The SMILES string of the molecule is Cc1ccccc1-c1nnc(SCC(=O)Nc2c(C)cc(Br)cc2C)n1C. The van der Waals surface area contributed by atoms with E-state index in [0.717, 1.165) is 38.2 Å². The Hall–Kier alpha value is -2.12. The second-order valence-corrected chi connectivity index (χ2v) is 8.29. The van der Waals surface area contributed by atoms with Crippen LogP contribution in [0, 0.1) is 20.8 Å². The third-order valence-corrected chi connectivity index (χ3v) is 5.79. The number of benzene rings is 2. The van der Waals surface area contributed by atoms with Crippen molar-refractivity contribution in [3.8, 4) is 11.4 Å². The Bertz CT molecular complexity index is 976. The van der Waals surface area contributed by atoms with Crippen LogP contribution in [0.2, 0.25) is 0 Å². The maximum Gasteiger partial charge on any atom is 0.234 e. The van der Waals surface area contributed by atoms with Crippen molar-refractivity contribution < 1.29 is 4.79 Å². The molecule has 0 fully saturated rings. The summed E-state index contributed by atoms with van der Waals surface area (Å²) < 4.78 is 2.93. The Morgan fingerprint density at radius 1 is 1.11 bits per heavy atom. The third kappa shape index (κ3) is 4.42. The van der Waals surface area contributed by atoms with Crippen molar-refractivity contribution in [3.05, 3.63) is 57.6 Å². The smallest absolute Gasteiger partial charge is 0.234 e. The van der Waals surface area contributed by atoms with Gasteiger partial charge in [0.1, 0.15) is 0 Å². The molecule has 1 heterocycles. The van der Waals surface area contributed by atoms with Crippen molar-refractivity contribution in [1.29, 1.82) is 0 Å². The predicted octanol–water partition coefficient (Wildman–Crippen LogP) is 4.90. The van der Waals surface area contributed by atoms with E-state index in [1.807, 2.05) is 68.8 Å². The molecule has 0 saturated carbocycles. The molecule has 0 radical (unpaired) electrons. The molecule has 27 heavy (non-hydrogen) atoms. The lowest BCUT2D eigenvalue weighted by Crippen LogP contribution is -2.16. The van der Waals surface area contributed by atoms with Gasteiger partial charge >= 0.3 is 0 Å². The zero-order valence-corrected chi connectivity index (χ0v) is 18.1. The topological polar surface area (TPSA) is 59.8 Å². The zero-order chi connectivity index (χ0) is 19.6. The van der Waals surface area contributed by atoms with Crippen LogP contribution in [0.5, 0.6) is 0 Å². The first-order valence-corrected chi connectivity index (χ1v) is 10.3. The molecule has 0 saturated heterocycles. The number of hydrogen-bond donors (Lipinski definition) is 1. The standard InChI is InChI=1S/C20H21BrN4OS/c1-12-7-5-6-8-16(12)19-23-24-20(25(19)4)27-11-17(26)22-18-13(2)9-15(21)10-14(18)3/h5-10H,11H2,1-4H3,(H,22,26). The maximum atomic E-state index is 12.4. The summed E-state index contributed by atoms with van der Waals surface area (Å²) in [7, 11) is 1.92. The minimum absolute atomic E-state index is 0.0611. The van der Waals surface area contributed by atoms with Gasteiger partial charge in [0, 0.05) is 22.8 Å². The monoisotopic (exact) mass is 444 g/mol. The van der Waals surface area contributed by atoms with Crippen molar-refractivity contribution in [2.45, 2.75) is 25.9 Å². The molecule has 5 nitrogen and oxygen atoms in total. The normalized spacial score (nSPS) is 10.9. The summed E-state index contributed by atoms with van der Waals surface area (Å²) in [5.41, 5.74) is 5.11. The van der Waals surface area contributed by atoms with Gasteiger partial charge in [-0.25, -0.2) is 0 Å². The van der Waals surface area contributed by atoms with Crippen LogP contribution in [0.25, 0.3) is 11.4 Å². The highest BCUT2D eigenvalue weighted by molar-refractivity contribution is 9.10. The molecule has 7 heteroatoms. The van der Waals surface area contributed by atoms with E-state index >= 15 is 0 Å². The van der Waals surface area contributed by atoms with E-state index in [-0.39, 0.29) is 11.7 Å². The highest BCUT2D eigenvalue weighted by Gasteiger charge is 2.15. The fourth-order valence-corrected chi connectivity index (χ4v) is 4.31. The van der Waals surface area contributed by atoms with Crippen LogP contribution in [0.4, 0.5) is 5.69 Å². The van der Waals surface area contributed by atoms with Gasteiger partial charge in [-0.1, -0.05) is 52.0 Å². The number of amides is 1. The molecule has 0 atom stereocenters. The molecule has 140 valence electrons. The molecule has 1 aromatic heterocycles. The van der Waals surface area contributed by atoms with E-state index in [2.05, 4.69) is 31.4 Å². The van der Waals surface area contributed by atoms with Crippen LogP contribution >= 0.6 is 27.7 Å². The average Bonchev–Trinajstić information content (AvgIpc) is 2.97. The summed E-state index contributed by atoms with van der Waals surface area (Å²) in [4.78, 5) is 12.4. The lowest BCUT2D eigenvalue weighted by Gasteiger charge is -2.12. The van der Waals surface area contributed by atoms with E-state index in [9.17, 15) is 4.79 Å². The number of halogens is 1. The molecule has 0 aliphatic heterocycles. The first-order chi connectivity index (χ1) is 12.9. The second kappa shape index (κ2) is 8.27. The van der Waals surface area contributed by atoms with E-state index in [0.29, 0.717) is 5.16 Å². The van der Waals surface area contributed by atoms with E-state index < -0.39 is 0 Å². The largest absolute Gasteiger partial charge is 0.325 e. The van der Waals surface area contributed by atoms with Gasteiger partial charge in [-0.3, -0.25) is 4.79 Å². The summed E-state index contributed by atoms with van der Waals surface area (Å²) in [5, 5.41) is 12.3. The highest BCUT2D eigenvalue weighted by atomic mass is 79.9. The van der Waals surface area contributed by atoms with Gasteiger partial charge in [-0.15, -0.1) is 10.2 Å². The molecule has 0 spiro atoms. The fraction of sp³-hybridized carbons (Fsp3) is 0.250. The van der Waals surface area contributed by atoms with Gasteiger partial charge in [0.25, 0.3) is 0 Å². The van der Waals surface area contributed by atoms with E-state index in [4.69, 9.17) is 0 Å². The number of aromatic nitrogens is 3. The summed E-state index contributed by atoms with van der Waals surface area (Å²) >= 11 is 4.85. The maximum absolute atomic E-state index is 12.4. The zero-order valence-electron chi connectivity index (χ0n) is 15.7. The van der Waals surface area contributed by atoms with Gasteiger partial charge in [-0.05, 0) is 49.6 Å². The molecule has 0 unspecified atom stereocenters. The van der Waals surface area contributed by atoms with Gasteiger partial charge < -0.3 is 9.88 Å². The number of thioether (sulfide) groups is 1. The first kappa shape index (κ1) is 19.6. The van der Waals surface area contributed by atoms with Crippen LogP contribution < -0.4 is 5.32 Å². The Kier molecular flexibility index (Phi) is 6.01. The first-order valence-electron chi connectivity index (χ1n) is 8.51. The summed E-state index contributed by atoms with van der Waals surface area (Å²) in [5.74, 6) is 1.01. The van der Waals surface area contributed by atoms with Crippen LogP contribution in [0.3, 0.4) is 0 Å². The molecule has 0 bridgehead atoms. The number of carbonyl (C=O) groups excluding carboxylic acids is 1. The van der Waals surface area contributed by atoms with Crippen molar-refractivity contribution >= 4 is 39.3 Å². The second-order valence-electron chi connectivity index (χ2n) is 6.43. The van der Waals surface area contributed by atoms with Gasteiger partial charge in [0.05, 0.1) is 5.75 Å². The van der Waals surface area contributed by atoms with Crippen LogP contribution in [-0.2, 0) is 11.8 Å².